The van der Waals surface area contributed by atoms with Crippen LogP contribution in [0.15, 0.2) is 63.7 Å². The van der Waals surface area contributed by atoms with Crippen LogP contribution < -0.4 is 15.4 Å². The maximum atomic E-state index is 12.6. The number of anilines is 2. The number of methoxy groups -OCH3 is 1. The number of amides is 2. The highest BCUT2D eigenvalue weighted by Gasteiger charge is 2.14. The quantitative estimate of drug-likeness (QED) is 0.560. The minimum absolute atomic E-state index is 0.153. The van der Waals surface area contributed by atoms with Gasteiger partial charge in [-0.15, -0.1) is 0 Å². The third-order valence-corrected chi connectivity index (χ3v) is 4.25. The van der Waals surface area contributed by atoms with E-state index < -0.39 is 5.91 Å². The van der Waals surface area contributed by atoms with E-state index in [1.807, 2.05) is 0 Å². The van der Waals surface area contributed by atoms with Crippen LogP contribution in [-0.2, 0) is 0 Å². The molecule has 0 fully saturated rings. The molecule has 2 N–H and O–H groups in total. The van der Waals surface area contributed by atoms with Gasteiger partial charge in [-0.3, -0.25) is 9.59 Å². The maximum Gasteiger partial charge on any atom is 0.291 e. The van der Waals surface area contributed by atoms with Gasteiger partial charge in [0, 0.05) is 16.3 Å². The second kappa shape index (κ2) is 8.28. The summed E-state index contributed by atoms with van der Waals surface area (Å²) in [6.07, 6.45) is 0. The van der Waals surface area contributed by atoms with Crippen molar-refractivity contribution in [1.82, 2.24) is 0 Å². The summed E-state index contributed by atoms with van der Waals surface area (Å²) in [7, 11) is 1.50. The molecule has 6 nitrogen and oxygen atoms in total. The number of furan rings is 1. The summed E-state index contributed by atoms with van der Waals surface area (Å²) < 4.78 is 10.9. The van der Waals surface area contributed by atoms with Crippen LogP contribution in [0.25, 0.3) is 0 Å². The van der Waals surface area contributed by atoms with Crippen molar-refractivity contribution in [3.63, 3.8) is 0 Å². The van der Waals surface area contributed by atoms with E-state index in [1.54, 1.807) is 54.6 Å². The lowest BCUT2D eigenvalue weighted by molar-refractivity contribution is 0.0992. The minimum Gasteiger partial charge on any atom is -0.495 e. The van der Waals surface area contributed by atoms with E-state index in [2.05, 4.69) is 26.6 Å². The monoisotopic (exact) mass is 448 g/mol. The van der Waals surface area contributed by atoms with Crippen molar-refractivity contribution in [2.45, 2.75) is 0 Å². The van der Waals surface area contributed by atoms with Gasteiger partial charge in [-0.2, -0.15) is 0 Å². The molecule has 27 heavy (non-hydrogen) atoms. The SMILES string of the molecule is COc1ccc(Cl)cc1NC(=O)c1cccc(NC(=O)c2ccc(Br)o2)c1. The molecule has 2 amide bonds. The molecule has 3 aromatic rings. The third kappa shape index (κ3) is 4.69. The zero-order chi connectivity index (χ0) is 19.4. The molecule has 138 valence electrons. The van der Waals surface area contributed by atoms with Gasteiger partial charge in [0.2, 0.25) is 0 Å². The molecular formula is C19H14BrClN2O4. The molecule has 1 aromatic heterocycles. The zero-order valence-electron chi connectivity index (χ0n) is 14.1. The number of carbonyl (C=O) groups excluding carboxylic acids is 2. The van der Waals surface area contributed by atoms with E-state index in [0.717, 1.165) is 0 Å². The largest absolute Gasteiger partial charge is 0.495 e. The van der Waals surface area contributed by atoms with E-state index in [1.165, 1.54) is 7.11 Å². The average molecular weight is 450 g/mol. The Hall–Kier alpha value is -2.77. The second-order valence-electron chi connectivity index (χ2n) is 5.44. The molecule has 3 rings (SSSR count). The van der Waals surface area contributed by atoms with Crippen LogP contribution in [0.4, 0.5) is 11.4 Å². The molecule has 0 unspecified atom stereocenters. The summed E-state index contributed by atoms with van der Waals surface area (Å²) in [5.41, 5.74) is 1.26. The van der Waals surface area contributed by atoms with Crippen LogP contribution in [-0.4, -0.2) is 18.9 Å². The van der Waals surface area contributed by atoms with E-state index in [4.69, 9.17) is 20.8 Å². The third-order valence-electron chi connectivity index (χ3n) is 3.59. The van der Waals surface area contributed by atoms with Gasteiger partial charge < -0.3 is 19.8 Å². The lowest BCUT2D eigenvalue weighted by Gasteiger charge is -2.11. The zero-order valence-corrected chi connectivity index (χ0v) is 16.4. The van der Waals surface area contributed by atoms with Crippen LogP contribution in [0.1, 0.15) is 20.9 Å². The highest BCUT2D eigenvalue weighted by molar-refractivity contribution is 9.10. The van der Waals surface area contributed by atoms with Crippen molar-refractivity contribution in [3.8, 4) is 5.75 Å². The van der Waals surface area contributed by atoms with Crippen molar-refractivity contribution in [1.29, 1.82) is 0 Å². The van der Waals surface area contributed by atoms with Gasteiger partial charge in [-0.05, 0) is 64.5 Å². The summed E-state index contributed by atoms with van der Waals surface area (Å²) >= 11 is 9.12. The molecule has 1 heterocycles. The van der Waals surface area contributed by atoms with Gasteiger partial charge in [0.15, 0.2) is 10.4 Å². The number of rotatable bonds is 5. The summed E-state index contributed by atoms with van der Waals surface area (Å²) in [6, 6.07) is 14.6. The Labute approximate surface area is 168 Å². The van der Waals surface area contributed by atoms with Gasteiger partial charge >= 0.3 is 0 Å². The van der Waals surface area contributed by atoms with Crippen LogP contribution >= 0.6 is 27.5 Å². The smallest absolute Gasteiger partial charge is 0.291 e. The van der Waals surface area contributed by atoms with Gasteiger partial charge in [-0.1, -0.05) is 17.7 Å². The second-order valence-corrected chi connectivity index (χ2v) is 6.66. The first-order valence-corrected chi connectivity index (χ1v) is 8.95. The Kier molecular flexibility index (Phi) is 5.83. The van der Waals surface area contributed by atoms with Gasteiger partial charge in [-0.25, -0.2) is 0 Å². The van der Waals surface area contributed by atoms with Crippen molar-refractivity contribution in [3.05, 3.63) is 75.6 Å². The topological polar surface area (TPSA) is 80.6 Å². The van der Waals surface area contributed by atoms with Crippen molar-refractivity contribution in [2.75, 3.05) is 17.7 Å². The molecule has 0 bridgehead atoms. The van der Waals surface area contributed by atoms with Crippen LogP contribution in [0.5, 0.6) is 5.75 Å². The maximum absolute atomic E-state index is 12.6. The highest BCUT2D eigenvalue weighted by atomic mass is 79.9. The normalized spacial score (nSPS) is 10.3. The van der Waals surface area contributed by atoms with Crippen LogP contribution in [0, 0.1) is 0 Å². The van der Waals surface area contributed by atoms with E-state index >= 15 is 0 Å². The fourth-order valence-corrected chi connectivity index (χ4v) is 2.82. The number of carbonyl (C=O) groups is 2. The summed E-state index contributed by atoms with van der Waals surface area (Å²) in [5, 5.41) is 5.90. The number of ether oxygens (including phenoxy) is 1. The number of hydrogen-bond acceptors (Lipinski definition) is 4. The fraction of sp³-hybridized carbons (Fsp3) is 0.0526. The summed E-state index contributed by atoms with van der Waals surface area (Å²) in [4.78, 5) is 24.7. The first-order valence-electron chi connectivity index (χ1n) is 7.78. The summed E-state index contributed by atoms with van der Waals surface area (Å²) in [5.74, 6) is -0.150. The molecule has 2 aromatic carbocycles. The van der Waals surface area contributed by atoms with Gasteiger partial charge in [0.1, 0.15) is 5.75 Å². The summed E-state index contributed by atoms with van der Waals surface area (Å²) in [6.45, 7) is 0. The molecule has 0 spiro atoms. The predicted octanol–water partition coefficient (Wildman–Crippen LogP) is 5.21. The lowest BCUT2D eigenvalue weighted by atomic mass is 10.1. The predicted molar refractivity (Wildman–Crippen MR) is 107 cm³/mol. The number of hydrogen-bond donors (Lipinski definition) is 2. The van der Waals surface area contributed by atoms with E-state index in [0.29, 0.717) is 32.4 Å². The van der Waals surface area contributed by atoms with Crippen molar-refractivity contribution < 1.29 is 18.7 Å². The number of benzene rings is 2. The molecule has 0 saturated carbocycles. The molecule has 0 radical (unpaired) electrons. The molecule has 0 aliphatic carbocycles. The molecule has 0 saturated heterocycles. The highest BCUT2D eigenvalue weighted by Crippen LogP contribution is 2.28. The van der Waals surface area contributed by atoms with E-state index in [-0.39, 0.29) is 11.7 Å². The average Bonchev–Trinajstić information content (AvgIpc) is 3.09. The number of halogens is 2. The van der Waals surface area contributed by atoms with Crippen LogP contribution in [0.2, 0.25) is 5.02 Å². The Morgan fingerprint density at radius 1 is 1.04 bits per heavy atom. The standard InChI is InChI=1S/C19H14BrClN2O4/c1-26-15-6-5-12(21)10-14(15)23-18(24)11-3-2-4-13(9-11)22-19(25)16-7-8-17(20)27-16/h2-10H,1H3,(H,22,25)(H,23,24). The fourth-order valence-electron chi connectivity index (χ4n) is 2.34. The Bertz CT molecular complexity index is 1000. The van der Waals surface area contributed by atoms with Crippen LogP contribution in [0.3, 0.4) is 0 Å². The first-order chi connectivity index (χ1) is 13.0. The van der Waals surface area contributed by atoms with Crippen molar-refractivity contribution >= 4 is 50.7 Å². The minimum atomic E-state index is -0.422. The molecule has 0 atom stereocenters. The van der Waals surface area contributed by atoms with Gasteiger partial charge in [0.05, 0.1) is 12.8 Å². The first kappa shape index (κ1) is 19.0. The molecule has 0 aliphatic heterocycles. The molecule has 8 heteroatoms. The molecular weight excluding hydrogens is 436 g/mol. The molecule has 0 aliphatic rings. The Morgan fingerprint density at radius 2 is 1.85 bits per heavy atom. The number of nitrogens with one attached hydrogen (secondary N) is 2. The Morgan fingerprint density at radius 3 is 2.56 bits per heavy atom. The van der Waals surface area contributed by atoms with Gasteiger partial charge in [0.25, 0.3) is 11.8 Å². The van der Waals surface area contributed by atoms with E-state index in [9.17, 15) is 9.59 Å². The lowest BCUT2D eigenvalue weighted by Crippen LogP contribution is -2.14. The Balaban J connectivity index is 1.76. The van der Waals surface area contributed by atoms with Crippen molar-refractivity contribution in [2.24, 2.45) is 0 Å².